The SMILES string of the molecule is CC(C)[C@H]1CN(Cc2cc(C(N)=O)oc2C(C)(C)C)C[C@@H]1NC(=O)N(C)C. The molecule has 1 aliphatic heterocycles. The Bertz CT molecular complexity index is 688. The third-order valence-electron chi connectivity index (χ3n) is 5.14. The summed E-state index contributed by atoms with van der Waals surface area (Å²) in [6.07, 6.45) is 0. The molecule has 0 aromatic carbocycles. The van der Waals surface area contributed by atoms with Gasteiger partial charge >= 0.3 is 6.03 Å². The maximum Gasteiger partial charge on any atom is 0.317 e. The van der Waals surface area contributed by atoms with Gasteiger partial charge in [-0.25, -0.2) is 4.79 Å². The van der Waals surface area contributed by atoms with E-state index in [2.05, 4.69) is 44.8 Å². The van der Waals surface area contributed by atoms with Gasteiger partial charge in [0.15, 0.2) is 5.76 Å². The van der Waals surface area contributed by atoms with Crippen LogP contribution in [0, 0.1) is 11.8 Å². The summed E-state index contributed by atoms with van der Waals surface area (Å²) < 4.78 is 5.77. The molecular formula is C20H34N4O3. The van der Waals surface area contributed by atoms with E-state index in [1.165, 1.54) is 0 Å². The predicted molar refractivity (Wildman–Crippen MR) is 106 cm³/mol. The monoisotopic (exact) mass is 378 g/mol. The van der Waals surface area contributed by atoms with E-state index >= 15 is 0 Å². The van der Waals surface area contributed by atoms with Crippen LogP contribution in [0.5, 0.6) is 0 Å². The molecule has 1 saturated heterocycles. The van der Waals surface area contributed by atoms with Gasteiger partial charge in [-0.2, -0.15) is 0 Å². The van der Waals surface area contributed by atoms with Crippen molar-refractivity contribution in [2.24, 2.45) is 17.6 Å². The molecule has 0 radical (unpaired) electrons. The Morgan fingerprint density at radius 3 is 2.44 bits per heavy atom. The Labute approximate surface area is 162 Å². The summed E-state index contributed by atoms with van der Waals surface area (Å²) in [5.41, 5.74) is 6.18. The first-order valence-corrected chi connectivity index (χ1v) is 9.53. The lowest BCUT2D eigenvalue weighted by molar-refractivity contribution is 0.0970. The summed E-state index contributed by atoms with van der Waals surface area (Å²) in [6.45, 7) is 12.9. The number of carbonyl (C=O) groups is 2. The van der Waals surface area contributed by atoms with Gasteiger partial charge in [0, 0.05) is 50.7 Å². The molecule has 2 rings (SSSR count). The minimum absolute atomic E-state index is 0.0674. The quantitative estimate of drug-likeness (QED) is 0.823. The number of hydrogen-bond acceptors (Lipinski definition) is 4. The standard InChI is InChI=1S/C20H34N4O3/c1-12(2)14-10-24(11-15(14)22-19(26)23(6)7)9-13-8-16(18(21)25)27-17(13)20(3,4)5/h8,12,14-15H,9-11H2,1-7H3,(H2,21,25)(H,22,26)/t14-,15+/m1/s1. The van der Waals surface area contributed by atoms with Crippen LogP contribution in [-0.2, 0) is 12.0 Å². The number of rotatable bonds is 5. The Morgan fingerprint density at radius 1 is 1.33 bits per heavy atom. The summed E-state index contributed by atoms with van der Waals surface area (Å²) in [5, 5.41) is 3.14. The van der Waals surface area contributed by atoms with Crippen LogP contribution < -0.4 is 11.1 Å². The summed E-state index contributed by atoms with van der Waals surface area (Å²) >= 11 is 0. The second-order valence-electron chi connectivity index (χ2n) is 9.13. The van der Waals surface area contributed by atoms with E-state index in [9.17, 15) is 9.59 Å². The zero-order valence-electron chi connectivity index (χ0n) is 17.6. The maximum atomic E-state index is 12.1. The van der Waals surface area contributed by atoms with Crippen LogP contribution in [0.25, 0.3) is 0 Å². The molecule has 27 heavy (non-hydrogen) atoms. The number of amides is 3. The van der Waals surface area contributed by atoms with Crippen molar-refractivity contribution in [1.82, 2.24) is 15.1 Å². The molecule has 152 valence electrons. The van der Waals surface area contributed by atoms with Crippen molar-refractivity contribution < 1.29 is 14.0 Å². The highest BCUT2D eigenvalue weighted by atomic mass is 16.4. The smallest absolute Gasteiger partial charge is 0.317 e. The molecule has 0 aliphatic carbocycles. The van der Waals surface area contributed by atoms with Gasteiger partial charge in [0.1, 0.15) is 5.76 Å². The molecule has 7 heteroatoms. The molecule has 0 spiro atoms. The van der Waals surface area contributed by atoms with E-state index in [0.717, 1.165) is 24.4 Å². The first-order valence-electron chi connectivity index (χ1n) is 9.53. The summed E-state index contributed by atoms with van der Waals surface area (Å²) in [4.78, 5) is 27.6. The van der Waals surface area contributed by atoms with Crippen LogP contribution in [0.2, 0.25) is 0 Å². The average molecular weight is 379 g/mol. The van der Waals surface area contributed by atoms with E-state index in [0.29, 0.717) is 18.4 Å². The molecule has 2 atom stereocenters. The van der Waals surface area contributed by atoms with Crippen molar-refractivity contribution >= 4 is 11.9 Å². The number of carbonyl (C=O) groups excluding carboxylic acids is 2. The van der Waals surface area contributed by atoms with Gasteiger partial charge in [0.25, 0.3) is 5.91 Å². The molecule has 0 unspecified atom stereocenters. The van der Waals surface area contributed by atoms with E-state index < -0.39 is 5.91 Å². The van der Waals surface area contributed by atoms with Gasteiger partial charge < -0.3 is 20.4 Å². The number of nitrogens with two attached hydrogens (primary N) is 1. The van der Waals surface area contributed by atoms with Crippen molar-refractivity contribution in [2.75, 3.05) is 27.2 Å². The molecule has 0 saturated carbocycles. The fraction of sp³-hybridized carbons (Fsp3) is 0.700. The Kier molecular flexibility index (Phi) is 6.24. The van der Waals surface area contributed by atoms with Gasteiger partial charge in [0.05, 0.1) is 0 Å². The second-order valence-corrected chi connectivity index (χ2v) is 9.13. The van der Waals surface area contributed by atoms with Crippen LogP contribution in [0.15, 0.2) is 10.5 Å². The van der Waals surface area contributed by atoms with Crippen molar-refractivity contribution in [3.05, 3.63) is 23.2 Å². The van der Waals surface area contributed by atoms with Gasteiger partial charge in [0.2, 0.25) is 0 Å². The van der Waals surface area contributed by atoms with Gasteiger partial charge in [-0.15, -0.1) is 0 Å². The van der Waals surface area contributed by atoms with Crippen LogP contribution in [0.3, 0.4) is 0 Å². The number of nitrogens with zero attached hydrogens (tertiary/aromatic N) is 2. The van der Waals surface area contributed by atoms with Gasteiger partial charge in [-0.3, -0.25) is 9.69 Å². The Balaban J connectivity index is 2.20. The van der Waals surface area contributed by atoms with Crippen molar-refractivity contribution in [3.8, 4) is 0 Å². The lowest BCUT2D eigenvalue weighted by Crippen LogP contribution is -2.46. The zero-order valence-corrected chi connectivity index (χ0v) is 17.6. The van der Waals surface area contributed by atoms with Crippen molar-refractivity contribution in [1.29, 1.82) is 0 Å². The van der Waals surface area contributed by atoms with Crippen LogP contribution in [-0.4, -0.2) is 55.0 Å². The molecule has 7 nitrogen and oxygen atoms in total. The number of nitrogens with one attached hydrogen (secondary N) is 1. The summed E-state index contributed by atoms with van der Waals surface area (Å²) in [5.74, 6) is 1.26. The third-order valence-corrected chi connectivity index (χ3v) is 5.14. The number of primary amides is 1. The molecule has 1 fully saturated rings. The minimum atomic E-state index is -0.552. The number of hydrogen-bond donors (Lipinski definition) is 2. The molecule has 3 amide bonds. The van der Waals surface area contributed by atoms with E-state index in [1.54, 1.807) is 25.1 Å². The lowest BCUT2D eigenvalue weighted by Gasteiger charge is -2.24. The summed E-state index contributed by atoms with van der Waals surface area (Å²) in [7, 11) is 3.50. The van der Waals surface area contributed by atoms with Crippen molar-refractivity contribution in [2.45, 2.75) is 52.6 Å². The largest absolute Gasteiger partial charge is 0.455 e. The Morgan fingerprint density at radius 2 is 1.96 bits per heavy atom. The van der Waals surface area contributed by atoms with Crippen molar-refractivity contribution in [3.63, 3.8) is 0 Å². The maximum absolute atomic E-state index is 12.1. The van der Waals surface area contributed by atoms with Gasteiger partial charge in [-0.1, -0.05) is 34.6 Å². The Hall–Kier alpha value is -2.02. The summed E-state index contributed by atoms with van der Waals surface area (Å²) in [6, 6.07) is 1.79. The first-order chi connectivity index (χ1) is 12.4. The molecule has 1 aromatic rings. The molecule has 1 aromatic heterocycles. The van der Waals surface area contributed by atoms with E-state index in [-0.39, 0.29) is 23.2 Å². The fourth-order valence-electron chi connectivity index (χ4n) is 3.70. The highest BCUT2D eigenvalue weighted by Crippen LogP contribution is 2.32. The van der Waals surface area contributed by atoms with Crippen LogP contribution >= 0.6 is 0 Å². The average Bonchev–Trinajstić information content (AvgIpc) is 3.11. The van der Waals surface area contributed by atoms with Gasteiger partial charge in [-0.05, 0) is 17.9 Å². The van der Waals surface area contributed by atoms with Crippen LogP contribution in [0.4, 0.5) is 4.79 Å². The molecule has 1 aliphatic rings. The molecule has 2 heterocycles. The first kappa shape index (κ1) is 21.3. The van der Waals surface area contributed by atoms with Crippen LogP contribution in [0.1, 0.15) is 56.5 Å². The fourth-order valence-corrected chi connectivity index (χ4v) is 3.70. The second kappa shape index (κ2) is 7.92. The lowest BCUT2D eigenvalue weighted by atomic mass is 9.90. The highest BCUT2D eigenvalue weighted by molar-refractivity contribution is 5.90. The molecule has 3 N–H and O–H groups in total. The number of urea groups is 1. The topological polar surface area (TPSA) is 91.8 Å². The minimum Gasteiger partial charge on any atom is -0.455 e. The number of furan rings is 1. The number of likely N-dealkylation sites (tertiary alicyclic amines) is 1. The molecular weight excluding hydrogens is 344 g/mol. The molecule has 0 bridgehead atoms. The van der Waals surface area contributed by atoms with E-state index in [1.807, 2.05) is 0 Å². The predicted octanol–water partition coefficient (Wildman–Crippen LogP) is 2.40. The highest BCUT2D eigenvalue weighted by Gasteiger charge is 2.37. The van der Waals surface area contributed by atoms with E-state index in [4.69, 9.17) is 10.2 Å². The third kappa shape index (κ3) is 5.03. The normalized spacial score (nSPS) is 20.9. The zero-order chi connectivity index (χ0) is 20.5.